The van der Waals surface area contributed by atoms with Crippen molar-refractivity contribution in [3.8, 4) is 5.75 Å². The minimum atomic E-state index is 0.659. The van der Waals surface area contributed by atoms with Crippen molar-refractivity contribution in [3.05, 3.63) is 29.3 Å². The van der Waals surface area contributed by atoms with Crippen LogP contribution in [0.5, 0.6) is 5.75 Å². The highest BCUT2D eigenvalue weighted by Crippen LogP contribution is 2.21. The predicted molar refractivity (Wildman–Crippen MR) is 81.4 cm³/mol. The molecule has 106 valence electrons. The first-order chi connectivity index (χ1) is 9.28. The van der Waals surface area contributed by atoms with E-state index in [0.29, 0.717) is 5.92 Å². The molecule has 2 nitrogen and oxygen atoms in total. The molecule has 0 saturated carbocycles. The molecule has 0 N–H and O–H groups in total. The van der Waals surface area contributed by atoms with Gasteiger partial charge < -0.3 is 9.64 Å². The SMILES string of the molecule is ClCCCN1CCC(COc2cccc(Cl)c2)CC1. The van der Waals surface area contributed by atoms with Crippen LogP contribution < -0.4 is 4.74 Å². The number of halogens is 2. The first kappa shape index (κ1) is 15.0. The molecule has 0 radical (unpaired) electrons. The molecular formula is C15H21Cl2NO. The number of hydrogen-bond acceptors (Lipinski definition) is 2. The number of alkyl halides is 1. The van der Waals surface area contributed by atoms with Gasteiger partial charge in [-0.25, -0.2) is 0 Å². The summed E-state index contributed by atoms with van der Waals surface area (Å²) in [7, 11) is 0. The standard InChI is InChI=1S/C15H21Cl2NO/c16-7-2-8-18-9-5-13(6-10-18)12-19-15-4-1-3-14(17)11-15/h1,3-4,11,13H,2,5-10,12H2. The second-order valence-electron chi connectivity index (χ2n) is 5.10. The lowest BCUT2D eigenvalue weighted by Gasteiger charge is -2.31. The fourth-order valence-electron chi connectivity index (χ4n) is 2.43. The molecule has 0 unspecified atom stereocenters. The summed E-state index contributed by atoms with van der Waals surface area (Å²) in [4.78, 5) is 2.50. The van der Waals surface area contributed by atoms with E-state index in [4.69, 9.17) is 27.9 Å². The number of nitrogens with zero attached hydrogens (tertiary/aromatic N) is 1. The molecule has 0 bridgehead atoms. The average Bonchev–Trinajstić information content (AvgIpc) is 2.44. The highest BCUT2D eigenvalue weighted by Gasteiger charge is 2.19. The van der Waals surface area contributed by atoms with Crippen molar-refractivity contribution in [1.82, 2.24) is 4.90 Å². The van der Waals surface area contributed by atoms with E-state index in [1.54, 1.807) is 0 Å². The van der Waals surface area contributed by atoms with Crippen molar-refractivity contribution in [2.24, 2.45) is 5.92 Å². The van der Waals surface area contributed by atoms with Crippen LogP contribution in [0, 0.1) is 5.92 Å². The van der Waals surface area contributed by atoms with Crippen molar-refractivity contribution < 1.29 is 4.74 Å². The summed E-state index contributed by atoms with van der Waals surface area (Å²) in [6.45, 7) is 4.26. The second kappa shape index (κ2) is 7.98. The molecule has 0 atom stereocenters. The summed E-state index contributed by atoms with van der Waals surface area (Å²) in [6.07, 6.45) is 3.51. The molecule has 1 saturated heterocycles. The summed E-state index contributed by atoms with van der Waals surface area (Å²) in [5.74, 6) is 2.29. The van der Waals surface area contributed by atoms with Crippen LogP contribution in [-0.4, -0.2) is 37.0 Å². The van der Waals surface area contributed by atoms with Crippen LogP contribution in [0.3, 0.4) is 0 Å². The highest BCUT2D eigenvalue weighted by molar-refractivity contribution is 6.30. The molecule has 1 aromatic carbocycles. The van der Waals surface area contributed by atoms with E-state index in [1.807, 2.05) is 24.3 Å². The van der Waals surface area contributed by atoms with Gasteiger partial charge in [-0.3, -0.25) is 0 Å². The summed E-state index contributed by atoms with van der Waals surface area (Å²) < 4.78 is 5.82. The number of piperidine rings is 1. The quantitative estimate of drug-likeness (QED) is 0.735. The lowest BCUT2D eigenvalue weighted by Crippen LogP contribution is -2.36. The van der Waals surface area contributed by atoms with Gasteiger partial charge in [0.1, 0.15) is 5.75 Å². The van der Waals surface area contributed by atoms with E-state index in [1.165, 1.54) is 25.9 Å². The maximum absolute atomic E-state index is 5.94. The Morgan fingerprint density at radius 1 is 1.26 bits per heavy atom. The Morgan fingerprint density at radius 3 is 2.74 bits per heavy atom. The molecule has 1 heterocycles. The molecule has 1 aromatic rings. The monoisotopic (exact) mass is 301 g/mol. The summed E-state index contributed by atoms with van der Waals surface area (Å²) in [6, 6.07) is 7.62. The Bertz CT molecular complexity index is 378. The third kappa shape index (κ3) is 5.21. The van der Waals surface area contributed by atoms with Gasteiger partial charge in [-0.05, 0) is 63.0 Å². The highest BCUT2D eigenvalue weighted by atomic mass is 35.5. The van der Waals surface area contributed by atoms with E-state index >= 15 is 0 Å². The van der Waals surface area contributed by atoms with Gasteiger partial charge in [0.05, 0.1) is 6.61 Å². The largest absolute Gasteiger partial charge is 0.493 e. The van der Waals surface area contributed by atoms with Crippen LogP contribution in [0.15, 0.2) is 24.3 Å². The minimum Gasteiger partial charge on any atom is -0.493 e. The average molecular weight is 302 g/mol. The second-order valence-corrected chi connectivity index (χ2v) is 5.91. The maximum atomic E-state index is 5.94. The van der Waals surface area contributed by atoms with Gasteiger partial charge in [0, 0.05) is 10.9 Å². The maximum Gasteiger partial charge on any atom is 0.120 e. The smallest absolute Gasteiger partial charge is 0.120 e. The fraction of sp³-hybridized carbons (Fsp3) is 0.600. The molecule has 0 aliphatic carbocycles. The minimum absolute atomic E-state index is 0.659. The molecular weight excluding hydrogens is 281 g/mol. The van der Waals surface area contributed by atoms with Crippen LogP contribution in [0.1, 0.15) is 19.3 Å². The number of hydrogen-bond donors (Lipinski definition) is 0. The topological polar surface area (TPSA) is 12.5 Å². The predicted octanol–water partition coefficient (Wildman–Crippen LogP) is 4.06. The Balaban J connectivity index is 1.68. The van der Waals surface area contributed by atoms with Gasteiger partial charge in [0.25, 0.3) is 0 Å². The van der Waals surface area contributed by atoms with Crippen LogP contribution in [0.25, 0.3) is 0 Å². The number of ether oxygens (including phenoxy) is 1. The van der Waals surface area contributed by atoms with E-state index in [9.17, 15) is 0 Å². The van der Waals surface area contributed by atoms with Crippen molar-refractivity contribution >= 4 is 23.2 Å². The van der Waals surface area contributed by atoms with E-state index in [2.05, 4.69) is 4.90 Å². The van der Waals surface area contributed by atoms with Crippen LogP contribution >= 0.6 is 23.2 Å². The van der Waals surface area contributed by atoms with Gasteiger partial charge in [-0.15, -0.1) is 11.6 Å². The van der Waals surface area contributed by atoms with Crippen molar-refractivity contribution in [1.29, 1.82) is 0 Å². The van der Waals surface area contributed by atoms with Crippen molar-refractivity contribution in [2.75, 3.05) is 32.1 Å². The molecule has 0 spiro atoms. The third-order valence-electron chi connectivity index (χ3n) is 3.60. The van der Waals surface area contributed by atoms with Gasteiger partial charge in [0.2, 0.25) is 0 Å². The normalized spacial score (nSPS) is 17.6. The molecule has 19 heavy (non-hydrogen) atoms. The molecule has 2 rings (SSSR count). The fourth-order valence-corrected chi connectivity index (χ4v) is 2.73. The Morgan fingerprint density at radius 2 is 2.05 bits per heavy atom. The van der Waals surface area contributed by atoms with E-state index < -0.39 is 0 Å². The van der Waals surface area contributed by atoms with Crippen molar-refractivity contribution in [2.45, 2.75) is 19.3 Å². The van der Waals surface area contributed by atoms with E-state index in [-0.39, 0.29) is 0 Å². The third-order valence-corrected chi connectivity index (χ3v) is 4.10. The molecule has 1 fully saturated rings. The summed E-state index contributed by atoms with van der Waals surface area (Å²) in [5, 5.41) is 0.730. The number of benzene rings is 1. The molecule has 4 heteroatoms. The lowest BCUT2D eigenvalue weighted by atomic mass is 9.98. The molecule has 1 aliphatic heterocycles. The van der Waals surface area contributed by atoms with Gasteiger partial charge >= 0.3 is 0 Å². The molecule has 0 amide bonds. The first-order valence-corrected chi connectivity index (χ1v) is 7.86. The van der Waals surface area contributed by atoms with Crippen LogP contribution in [-0.2, 0) is 0 Å². The van der Waals surface area contributed by atoms with Gasteiger partial charge in [-0.1, -0.05) is 17.7 Å². The Labute approximate surface area is 125 Å². The zero-order valence-corrected chi connectivity index (χ0v) is 12.7. The van der Waals surface area contributed by atoms with Crippen molar-refractivity contribution in [3.63, 3.8) is 0 Å². The zero-order valence-electron chi connectivity index (χ0n) is 11.2. The van der Waals surface area contributed by atoms with E-state index in [0.717, 1.165) is 36.2 Å². The van der Waals surface area contributed by atoms with Crippen LogP contribution in [0.2, 0.25) is 5.02 Å². The number of rotatable bonds is 6. The van der Waals surface area contributed by atoms with Crippen LogP contribution in [0.4, 0.5) is 0 Å². The lowest BCUT2D eigenvalue weighted by molar-refractivity contribution is 0.142. The molecule has 1 aliphatic rings. The van der Waals surface area contributed by atoms with Gasteiger partial charge in [0.15, 0.2) is 0 Å². The van der Waals surface area contributed by atoms with Gasteiger partial charge in [-0.2, -0.15) is 0 Å². The Kier molecular flexibility index (Phi) is 6.29. The summed E-state index contributed by atoms with van der Waals surface area (Å²) in [5.41, 5.74) is 0. The first-order valence-electron chi connectivity index (χ1n) is 6.94. The molecule has 0 aromatic heterocycles. The zero-order chi connectivity index (χ0) is 13.5. The summed E-state index contributed by atoms with van der Waals surface area (Å²) >= 11 is 11.7. The Hall–Kier alpha value is -0.440. The number of likely N-dealkylation sites (tertiary alicyclic amines) is 1.